The molecule has 1 heterocycles. The third-order valence-corrected chi connectivity index (χ3v) is 2.81. The van der Waals surface area contributed by atoms with Gasteiger partial charge in [0.15, 0.2) is 0 Å². The fourth-order valence-corrected chi connectivity index (χ4v) is 1.89. The van der Waals surface area contributed by atoms with Crippen LogP contribution >= 0.6 is 11.6 Å². The maximum Gasteiger partial charge on any atom is 0.146 e. The number of rotatable bonds is 5. The number of H-pyrrole nitrogens is 1. The Labute approximate surface area is 110 Å². The number of nitrogens with one attached hydrogen (secondary N) is 2. The molecule has 0 spiro atoms. The Morgan fingerprint density at radius 3 is 2.94 bits per heavy atom. The van der Waals surface area contributed by atoms with Crippen LogP contribution in [0.25, 0.3) is 0 Å². The molecule has 4 nitrogen and oxygen atoms in total. The molecular weight excluding hydrogens is 255 g/mol. The van der Waals surface area contributed by atoms with E-state index < -0.39 is 0 Å². The van der Waals surface area contributed by atoms with E-state index in [-0.39, 0.29) is 11.9 Å². The van der Waals surface area contributed by atoms with Crippen molar-refractivity contribution in [2.45, 2.75) is 19.4 Å². The first-order valence-corrected chi connectivity index (χ1v) is 6.13. The largest absolute Gasteiger partial charge is 0.304 e. The van der Waals surface area contributed by atoms with Crippen molar-refractivity contribution in [3.8, 4) is 0 Å². The summed E-state index contributed by atoms with van der Waals surface area (Å²) in [7, 11) is 0. The lowest BCUT2D eigenvalue weighted by Crippen LogP contribution is -2.25. The SMILES string of the molecule is CCCNC(c1ncn[nH]1)c1ccc(Cl)cc1F. The van der Waals surface area contributed by atoms with Crippen molar-refractivity contribution in [2.75, 3.05) is 6.54 Å². The van der Waals surface area contributed by atoms with E-state index in [1.165, 1.54) is 12.4 Å². The van der Waals surface area contributed by atoms with Crippen LogP contribution in [-0.4, -0.2) is 21.7 Å². The summed E-state index contributed by atoms with van der Waals surface area (Å²) in [6, 6.07) is 4.28. The molecule has 0 aliphatic carbocycles. The average Bonchev–Trinajstić information content (AvgIpc) is 2.85. The standard InChI is InChI=1S/C12H14ClFN4/c1-2-5-15-11(12-16-7-17-18-12)9-4-3-8(13)6-10(9)14/h3-4,6-7,11,15H,2,5H2,1H3,(H,16,17,18). The highest BCUT2D eigenvalue weighted by Gasteiger charge is 2.19. The van der Waals surface area contributed by atoms with Crippen LogP contribution < -0.4 is 5.32 Å². The van der Waals surface area contributed by atoms with Gasteiger partial charge in [-0.15, -0.1) is 0 Å². The van der Waals surface area contributed by atoms with Crippen LogP contribution in [0.4, 0.5) is 4.39 Å². The molecular formula is C12H14ClFN4. The summed E-state index contributed by atoms with van der Waals surface area (Å²) < 4.78 is 13.9. The molecule has 0 aliphatic rings. The first-order valence-electron chi connectivity index (χ1n) is 5.76. The first-order chi connectivity index (χ1) is 8.72. The second kappa shape index (κ2) is 5.93. The first kappa shape index (κ1) is 13.0. The quantitative estimate of drug-likeness (QED) is 0.877. The molecule has 0 amide bonds. The number of nitrogens with zero attached hydrogens (tertiary/aromatic N) is 2. The smallest absolute Gasteiger partial charge is 0.146 e. The van der Waals surface area contributed by atoms with Gasteiger partial charge in [0, 0.05) is 10.6 Å². The molecule has 2 aromatic rings. The molecule has 0 saturated carbocycles. The maximum atomic E-state index is 13.9. The van der Waals surface area contributed by atoms with Crippen LogP contribution in [0.5, 0.6) is 0 Å². The minimum atomic E-state index is -0.354. The van der Waals surface area contributed by atoms with Crippen molar-refractivity contribution >= 4 is 11.6 Å². The Hall–Kier alpha value is -1.46. The second-order valence-corrected chi connectivity index (χ2v) is 4.36. The summed E-state index contributed by atoms with van der Waals surface area (Å²) >= 11 is 5.75. The molecule has 1 atom stereocenters. The normalized spacial score (nSPS) is 12.6. The molecule has 2 N–H and O–H groups in total. The van der Waals surface area contributed by atoms with Crippen LogP contribution in [0.2, 0.25) is 5.02 Å². The zero-order chi connectivity index (χ0) is 13.0. The zero-order valence-corrected chi connectivity index (χ0v) is 10.7. The molecule has 0 radical (unpaired) electrons. The van der Waals surface area contributed by atoms with Crippen molar-refractivity contribution < 1.29 is 4.39 Å². The minimum absolute atomic E-state index is 0.343. The van der Waals surface area contributed by atoms with Gasteiger partial charge in [-0.2, -0.15) is 5.10 Å². The average molecular weight is 269 g/mol. The number of hydrogen-bond donors (Lipinski definition) is 2. The van der Waals surface area contributed by atoms with Gasteiger partial charge in [0.05, 0.1) is 6.04 Å². The maximum absolute atomic E-state index is 13.9. The molecule has 1 aromatic carbocycles. The van der Waals surface area contributed by atoms with E-state index in [4.69, 9.17) is 11.6 Å². The fraction of sp³-hybridized carbons (Fsp3) is 0.333. The Morgan fingerprint density at radius 1 is 1.50 bits per heavy atom. The fourth-order valence-electron chi connectivity index (χ4n) is 1.73. The van der Waals surface area contributed by atoms with E-state index in [1.807, 2.05) is 6.92 Å². The van der Waals surface area contributed by atoms with Gasteiger partial charge in [-0.1, -0.05) is 24.6 Å². The molecule has 0 bridgehead atoms. The van der Waals surface area contributed by atoms with E-state index in [2.05, 4.69) is 20.5 Å². The van der Waals surface area contributed by atoms with E-state index in [1.54, 1.807) is 12.1 Å². The predicted octanol–water partition coefficient (Wildman–Crippen LogP) is 2.69. The predicted molar refractivity (Wildman–Crippen MR) is 67.9 cm³/mol. The van der Waals surface area contributed by atoms with Crippen molar-refractivity contribution in [1.29, 1.82) is 0 Å². The van der Waals surface area contributed by atoms with Gasteiger partial charge in [-0.25, -0.2) is 9.37 Å². The number of hydrogen-bond acceptors (Lipinski definition) is 3. The summed E-state index contributed by atoms with van der Waals surface area (Å²) in [5, 5.41) is 10.2. The van der Waals surface area contributed by atoms with E-state index >= 15 is 0 Å². The third kappa shape index (κ3) is 2.86. The lowest BCUT2D eigenvalue weighted by Gasteiger charge is -2.17. The van der Waals surface area contributed by atoms with E-state index in [9.17, 15) is 4.39 Å². The van der Waals surface area contributed by atoms with E-state index in [0.717, 1.165) is 13.0 Å². The summed E-state index contributed by atoms with van der Waals surface area (Å²) in [6.07, 6.45) is 2.35. The van der Waals surface area contributed by atoms with Gasteiger partial charge in [-0.05, 0) is 25.1 Å². The van der Waals surface area contributed by atoms with Crippen LogP contribution in [0.3, 0.4) is 0 Å². The molecule has 0 fully saturated rings. The van der Waals surface area contributed by atoms with Crippen LogP contribution in [0.1, 0.15) is 30.8 Å². The van der Waals surface area contributed by atoms with Gasteiger partial charge < -0.3 is 5.32 Å². The highest BCUT2D eigenvalue weighted by molar-refractivity contribution is 6.30. The monoisotopic (exact) mass is 268 g/mol. The highest BCUT2D eigenvalue weighted by Crippen LogP contribution is 2.24. The number of aromatic nitrogens is 3. The highest BCUT2D eigenvalue weighted by atomic mass is 35.5. The van der Waals surface area contributed by atoms with Crippen molar-refractivity contribution in [3.05, 3.63) is 46.8 Å². The summed E-state index contributed by atoms with van der Waals surface area (Å²) in [4.78, 5) is 4.08. The number of aromatic amines is 1. The van der Waals surface area contributed by atoms with Gasteiger partial charge in [0.1, 0.15) is 18.0 Å². The minimum Gasteiger partial charge on any atom is -0.304 e. The third-order valence-electron chi connectivity index (χ3n) is 2.58. The summed E-state index contributed by atoms with van der Waals surface area (Å²) in [5.74, 6) is 0.233. The van der Waals surface area contributed by atoms with Gasteiger partial charge in [0.2, 0.25) is 0 Å². The molecule has 1 unspecified atom stereocenters. The molecule has 6 heteroatoms. The molecule has 2 rings (SSSR count). The van der Waals surface area contributed by atoms with Gasteiger partial charge in [-0.3, -0.25) is 5.10 Å². The van der Waals surface area contributed by atoms with Crippen molar-refractivity contribution in [2.24, 2.45) is 0 Å². The molecule has 0 saturated heterocycles. The van der Waals surface area contributed by atoms with Crippen LogP contribution in [0, 0.1) is 5.82 Å². The molecule has 18 heavy (non-hydrogen) atoms. The lowest BCUT2D eigenvalue weighted by atomic mass is 10.1. The topological polar surface area (TPSA) is 53.6 Å². The Morgan fingerprint density at radius 2 is 2.33 bits per heavy atom. The zero-order valence-electron chi connectivity index (χ0n) is 9.95. The van der Waals surface area contributed by atoms with Crippen LogP contribution in [0.15, 0.2) is 24.5 Å². The van der Waals surface area contributed by atoms with E-state index in [0.29, 0.717) is 16.4 Å². The summed E-state index contributed by atoms with van der Waals surface area (Å²) in [6.45, 7) is 2.80. The molecule has 96 valence electrons. The van der Waals surface area contributed by atoms with Gasteiger partial charge >= 0.3 is 0 Å². The lowest BCUT2D eigenvalue weighted by molar-refractivity contribution is 0.531. The van der Waals surface area contributed by atoms with Crippen molar-refractivity contribution in [3.63, 3.8) is 0 Å². The second-order valence-electron chi connectivity index (χ2n) is 3.92. The summed E-state index contributed by atoms with van der Waals surface area (Å²) in [5.41, 5.74) is 0.504. The Kier molecular flexibility index (Phi) is 4.28. The number of halogens is 2. The molecule has 1 aromatic heterocycles. The van der Waals surface area contributed by atoms with Gasteiger partial charge in [0.25, 0.3) is 0 Å². The Bertz CT molecular complexity index is 501. The Balaban J connectivity index is 2.33. The number of benzene rings is 1. The molecule has 0 aliphatic heterocycles. The van der Waals surface area contributed by atoms with Crippen molar-refractivity contribution in [1.82, 2.24) is 20.5 Å². The van der Waals surface area contributed by atoms with Crippen LogP contribution in [-0.2, 0) is 0 Å².